The average molecular weight is 322 g/mol. The van der Waals surface area contributed by atoms with Gasteiger partial charge in [-0.1, -0.05) is 0 Å². The molecule has 1 saturated carbocycles. The summed E-state index contributed by atoms with van der Waals surface area (Å²) in [6, 6.07) is 3.56. The van der Waals surface area contributed by atoms with Crippen molar-refractivity contribution in [1.29, 1.82) is 0 Å². The van der Waals surface area contributed by atoms with E-state index >= 15 is 0 Å². The van der Waals surface area contributed by atoms with Crippen molar-refractivity contribution in [3.63, 3.8) is 0 Å². The maximum Gasteiger partial charge on any atom is 0.407 e. The highest BCUT2D eigenvalue weighted by molar-refractivity contribution is 5.68. The van der Waals surface area contributed by atoms with Gasteiger partial charge in [-0.25, -0.2) is 4.79 Å². The highest BCUT2D eigenvalue weighted by Crippen LogP contribution is 2.37. The molecule has 1 aromatic carbocycles. The van der Waals surface area contributed by atoms with E-state index in [0.717, 1.165) is 12.0 Å². The zero-order valence-electron chi connectivity index (χ0n) is 13.5. The molecule has 0 bridgehead atoms. The zero-order chi connectivity index (χ0) is 16.6. The quantitative estimate of drug-likeness (QED) is 0.784. The number of rotatable bonds is 4. The summed E-state index contributed by atoms with van der Waals surface area (Å²) in [7, 11) is 0. The van der Waals surface area contributed by atoms with Crippen molar-refractivity contribution in [1.82, 2.24) is 10.6 Å². The van der Waals surface area contributed by atoms with Crippen LogP contribution in [-0.2, 0) is 11.3 Å². The van der Waals surface area contributed by atoms with E-state index in [1.54, 1.807) is 12.1 Å². The molecule has 1 aromatic rings. The molecule has 1 fully saturated rings. The van der Waals surface area contributed by atoms with Crippen LogP contribution in [0.4, 0.5) is 4.79 Å². The van der Waals surface area contributed by atoms with Crippen LogP contribution in [0.2, 0.25) is 0 Å². The Morgan fingerprint density at radius 3 is 2.70 bits per heavy atom. The van der Waals surface area contributed by atoms with Gasteiger partial charge in [-0.15, -0.1) is 0 Å². The molecule has 126 valence electrons. The first-order valence-electron chi connectivity index (χ1n) is 7.66. The second-order valence-corrected chi connectivity index (χ2v) is 6.81. The number of carbonyl (C=O) groups is 1. The van der Waals surface area contributed by atoms with Crippen LogP contribution < -0.4 is 20.1 Å². The van der Waals surface area contributed by atoms with E-state index in [-0.39, 0.29) is 24.6 Å². The van der Waals surface area contributed by atoms with Gasteiger partial charge in [-0.05, 0) is 33.3 Å². The molecule has 23 heavy (non-hydrogen) atoms. The highest BCUT2D eigenvalue weighted by atomic mass is 16.7. The summed E-state index contributed by atoms with van der Waals surface area (Å²) in [6.45, 7) is 6.16. The number of hydrogen-bond acceptors (Lipinski definition) is 6. The summed E-state index contributed by atoms with van der Waals surface area (Å²) in [6.07, 6.45) is 0.433. The van der Waals surface area contributed by atoms with Crippen LogP contribution >= 0.6 is 0 Å². The zero-order valence-corrected chi connectivity index (χ0v) is 13.5. The lowest BCUT2D eigenvalue weighted by Gasteiger charge is -2.19. The fourth-order valence-corrected chi connectivity index (χ4v) is 2.40. The van der Waals surface area contributed by atoms with E-state index in [4.69, 9.17) is 14.2 Å². The fraction of sp³-hybridized carbons (Fsp3) is 0.562. The summed E-state index contributed by atoms with van der Waals surface area (Å²) in [5.74, 6) is 1.36. The molecule has 2 atom stereocenters. The first-order chi connectivity index (χ1) is 10.8. The molecular formula is C16H22N2O5. The highest BCUT2D eigenvalue weighted by Gasteiger charge is 2.39. The first-order valence-corrected chi connectivity index (χ1v) is 7.66. The van der Waals surface area contributed by atoms with Crippen LogP contribution in [0, 0.1) is 0 Å². The van der Waals surface area contributed by atoms with Gasteiger partial charge in [0.1, 0.15) is 11.4 Å². The summed E-state index contributed by atoms with van der Waals surface area (Å²) in [5.41, 5.74) is 0.234. The van der Waals surface area contributed by atoms with Crippen molar-refractivity contribution in [2.45, 2.75) is 51.4 Å². The Kier molecular flexibility index (Phi) is 3.97. The van der Waals surface area contributed by atoms with Gasteiger partial charge in [-0.3, -0.25) is 0 Å². The minimum atomic E-state index is -0.500. The minimum Gasteiger partial charge on any atom is -0.507 e. The third-order valence-electron chi connectivity index (χ3n) is 3.62. The number of amides is 1. The third kappa shape index (κ3) is 3.98. The molecule has 1 amide bonds. The van der Waals surface area contributed by atoms with E-state index in [2.05, 4.69) is 10.6 Å². The van der Waals surface area contributed by atoms with Crippen molar-refractivity contribution in [2.24, 2.45) is 0 Å². The summed E-state index contributed by atoms with van der Waals surface area (Å²) >= 11 is 0. The Morgan fingerprint density at radius 1 is 1.30 bits per heavy atom. The van der Waals surface area contributed by atoms with Crippen molar-refractivity contribution in [2.75, 3.05) is 6.79 Å². The van der Waals surface area contributed by atoms with Gasteiger partial charge in [0.2, 0.25) is 6.79 Å². The molecular weight excluding hydrogens is 300 g/mol. The topological polar surface area (TPSA) is 89.1 Å². The predicted molar refractivity (Wildman–Crippen MR) is 82.6 cm³/mol. The summed E-state index contributed by atoms with van der Waals surface area (Å²) in [4.78, 5) is 11.7. The van der Waals surface area contributed by atoms with Gasteiger partial charge in [-0.2, -0.15) is 0 Å². The smallest absolute Gasteiger partial charge is 0.407 e. The van der Waals surface area contributed by atoms with Crippen molar-refractivity contribution in [3.05, 3.63) is 17.7 Å². The molecule has 1 heterocycles. The van der Waals surface area contributed by atoms with Gasteiger partial charge < -0.3 is 30.0 Å². The van der Waals surface area contributed by atoms with Crippen molar-refractivity contribution >= 4 is 6.09 Å². The van der Waals surface area contributed by atoms with Gasteiger partial charge >= 0.3 is 6.09 Å². The number of phenolic OH excluding ortho intramolecular Hbond substituents is 1. The van der Waals surface area contributed by atoms with Crippen molar-refractivity contribution in [3.8, 4) is 17.2 Å². The second kappa shape index (κ2) is 5.81. The number of benzene rings is 1. The normalized spacial score (nSPS) is 21.9. The van der Waals surface area contributed by atoms with E-state index in [0.29, 0.717) is 18.0 Å². The van der Waals surface area contributed by atoms with E-state index in [9.17, 15) is 9.90 Å². The van der Waals surface area contributed by atoms with Crippen LogP contribution in [-0.4, -0.2) is 35.7 Å². The summed E-state index contributed by atoms with van der Waals surface area (Å²) in [5, 5.41) is 16.1. The molecule has 0 spiro atoms. The molecule has 0 radical (unpaired) electrons. The Hall–Kier alpha value is -2.15. The summed E-state index contributed by atoms with van der Waals surface area (Å²) < 4.78 is 15.7. The maximum absolute atomic E-state index is 11.7. The Balaban J connectivity index is 1.47. The predicted octanol–water partition coefficient (Wildman–Crippen LogP) is 1.88. The number of phenols is 1. The number of nitrogens with one attached hydrogen (secondary N) is 2. The lowest BCUT2D eigenvalue weighted by molar-refractivity contribution is 0.0522. The number of aromatic hydroxyl groups is 1. The van der Waals surface area contributed by atoms with E-state index in [1.807, 2.05) is 20.8 Å². The number of carbonyl (C=O) groups excluding carboxylic acids is 1. The van der Waals surface area contributed by atoms with Crippen molar-refractivity contribution < 1.29 is 24.1 Å². The molecule has 3 rings (SSSR count). The van der Waals surface area contributed by atoms with Crippen LogP contribution in [0.25, 0.3) is 0 Å². The number of hydrogen-bond donors (Lipinski definition) is 3. The van der Waals surface area contributed by atoms with Gasteiger partial charge in [0.05, 0.1) is 0 Å². The van der Waals surface area contributed by atoms with E-state index in [1.165, 1.54) is 0 Å². The number of alkyl carbamates (subject to hydrolysis) is 1. The Bertz CT molecular complexity index is 611. The molecule has 2 aliphatic rings. The molecule has 7 nitrogen and oxygen atoms in total. The standard InChI is InChI=1S/C16H22N2O5/c1-16(2,3)23-15(20)18-11-5-10(11)17-7-9-4-13-14(6-12(9)19)22-8-21-13/h4,6,10-11,17,19H,5,7-8H2,1-3H3,(H,18,20). The van der Waals surface area contributed by atoms with E-state index < -0.39 is 11.7 Å². The maximum atomic E-state index is 11.7. The average Bonchev–Trinajstić information content (AvgIpc) is 2.98. The number of fused-ring (bicyclic) bond motifs is 1. The van der Waals surface area contributed by atoms with Gasteiger partial charge in [0, 0.05) is 30.3 Å². The van der Waals surface area contributed by atoms with Crippen LogP contribution in [0.15, 0.2) is 12.1 Å². The fourth-order valence-electron chi connectivity index (χ4n) is 2.40. The molecule has 0 saturated heterocycles. The molecule has 3 N–H and O–H groups in total. The molecule has 7 heteroatoms. The molecule has 2 unspecified atom stereocenters. The Labute approximate surface area is 134 Å². The lowest BCUT2D eigenvalue weighted by Crippen LogP contribution is -2.36. The van der Waals surface area contributed by atoms with Crippen LogP contribution in [0.5, 0.6) is 17.2 Å². The largest absolute Gasteiger partial charge is 0.507 e. The first kappa shape index (κ1) is 15.7. The van der Waals surface area contributed by atoms with Crippen LogP contribution in [0.1, 0.15) is 32.8 Å². The minimum absolute atomic E-state index is 0.0565. The molecule has 1 aliphatic carbocycles. The molecule has 0 aromatic heterocycles. The number of ether oxygens (including phenoxy) is 3. The van der Waals surface area contributed by atoms with Crippen LogP contribution in [0.3, 0.4) is 0 Å². The lowest BCUT2D eigenvalue weighted by atomic mass is 10.1. The Morgan fingerprint density at radius 2 is 2.00 bits per heavy atom. The molecule has 1 aliphatic heterocycles. The van der Waals surface area contributed by atoms with Gasteiger partial charge in [0.15, 0.2) is 11.5 Å². The second-order valence-electron chi connectivity index (χ2n) is 6.81. The third-order valence-corrected chi connectivity index (χ3v) is 3.62. The van der Waals surface area contributed by atoms with Gasteiger partial charge in [0.25, 0.3) is 0 Å². The SMILES string of the molecule is CC(C)(C)OC(=O)NC1CC1NCc1cc2c(cc1O)OCO2. The monoisotopic (exact) mass is 322 g/mol.